The third kappa shape index (κ3) is 7.35. The first-order chi connectivity index (χ1) is 15.9. The zero-order valence-electron chi connectivity index (χ0n) is 22.5. The van der Waals surface area contributed by atoms with Crippen molar-refractivity contribution in [3.63, 3.8) is 0 Å². The minimum Gasteiger partial charge on any atom is -0.0625 e. The number of hydrogen-bond acceptors (Lipinski definition) is 0. The topological polar surface area (TPSA) is 0 Å². The van der Waals surface area contributed by atoms with E-state index in [1.54, 1.807) is 38.5 Å². The minimum absolute atomic E-state index is 0.810. The Kier molecular flexibility index (Phi) is 9.03. The van der Waals surface area contributed by atoms with Crippen LogP contribution < -0.4 is 0 Å². The second-order valence-corrected chi connectivity index (χ2v) is 13.6. The van der Waals surface area contributed by atoms with Crippen molar-refractivity contribution in [1.29, 1.82) is 0 Å². The van der Waals surface area contributed by atoms with Gasteiger partial charge in [-0.3, -0.25) is 0 Å². The molecule has 0 nitrogen and oxygen atoms in total. The monoisotopic (exact) mass is 450 g/mol. The molecule has 0 heteroatoms. The molecule has 7 fully saturated rings. The Balaban J connectivity index is 0.000000107. The zero-order valence-corrected chi connectivity index (χ0v) is 22.5. The van der Waals surface area contributed by atoms with Crippen LogP contribution in [0.1, 0.15) is 123 Å². The fourth-order valence-corrected chi connectivity index (χ4v) is 8.52. The molecule has 33 heavy (non-hydrogen) atoms. The van der Waals surface area contributed by atoms with Gasteiger partial charge in [-0.05, 0) is 118 Å². The predicted octanol–water partition coefficient (Wildman–Crippen LogP) is 10.2. The molecule has 1 aromatic carbocycles. The molecule has 0 amide bonds. The Morgan fingerprint density at radius 3 is 1.52 bits per heavy atom. The summed E-state index contributed by atoms with van der Waals surface area (Å²) < 4.78 is 0. The quantitative estimate of drug-likeness (QED) is 0.369. The van der Waals surface area contributed by atoms with Crippen molar-refractivity contribution in [2.24, 2.45) is 46.8 Å². The van der Waals surface area contributed by atoms with Crippen molar-refractivity contribution in [1.82, 2.24) is 0 Å². The average Bonchev–Trinajstić information content (AvgIpc) is 3.38. The fraction of sp³-hybridized carbons (Fsp3) is 0.818. The largest absolute Gasteiger partial charge is 0.0625 e. The first-order valence-corrected chi connectivity index (χ1v) is 14.9. The van der Waals surface area contributed by atoms with Gasteiger partial charge in [0.15, 0.2) is 0 Å². The SMILES string of the molecule is CC12CCC(CC1)C2.CC1C2CC3CC(C2)CC1C3.CC1CCCCC1.Cc1ccccc1. The number of rotatable bonds is 0. The number of aryl methyl sites for hydroxylation is 1. The lowest BCUT2D eigenvalue weighted by Crippen LogP contribution is -2.43. The van der Waals surface area contributed by atoms with Gasteiger partial charge in [0.2, 0.25) is 0 Å². The molecule has 0 aliphatic heterocycles. The highest BCUT2D eigenvalue weighted by molar-refractivity contribution is 5.11. The average molecular weight is 451 g/mol. The first kappa shape index (κ1) is 25.3. The van der Waals surface area contributed by atoms with Crippen LogP contribution in [0.5, 0.6) is 0 Å². The van der Waals surface area contributed by atoms with E-state index in [9.17, 15) is 0 Å². The summed E-state index contributed by atoms with van der Waals surface area (Å²) in [5.74, 6) is 7.87. The maximum atomic E-state index is 2.51. The Hall–Kier alpha value is -0.780. The van der Waals surface area contributed by atoms with E-state index in [1.807, 2.05) is 18.2 Å². The zero-order chi connectivity index (χ0) is 23.3. The molecule has 7 aliphatic carbocycles. The second-order valence-electron chi connectivity index (χ2n) is 13.6. The summed E-state index contributed by atoms with van der Waals surface area (Å²) >= 11 is 0. The minimum atomic E-state index is 0.810. The Morgan fingerprint density at radius 1 is 0.667 bits per heavy atom. The standard InChI is InChI=1S/C11H18.C8H14.C7H14.C7H8/c1-7-10-3-8-2-9(5-10)6-11(7)4-8;1-8-4-2-7(6-8)3-5-8;2*1-7-5-3-2-4-6-7/h7-11H,2-6H2,1H3;7H,2-6H2,1H3;7H,2-6H2,1H3;2-6H,1H3. The Morgan fingerprint density at radius 2 is 1.21 bits per heavy atom. The van der Waals surface area contributed by atoms with E-state index in [1.165, 1.54) is 63.4 Å². The highest BCUT2D eigenvalue weighted by Gasteiger charge is 2.46. The lowest BCUT2D eigenvalue weighted by atomic mass is 9.52. The van der Waals surface area contributed by atoms with Crippen LogP contribution in [0, 0.1) is 53.8 Å². The van der Waals surface area contributed by atoms with E-state index in [0.29, 0.717) is 0 Å². The maximum absolute atomic E-state index is 2.51. The molecule has 7 aliphatic rings. The van der Waals surface area contributed by atoms with Crippen molar-refractivity contribution in [3.05, 3.63) is 35.9 Å². The van der Waals surface area contributed by atoms with Crippen LogP contribution in [0.15, 0.2) is 30.3 Å². The van der Waals surface area contributed by atoms with Crippen LogP contribution in [0.2, 0.25) is 0 Å². The van der Waals surface area contributed by atoms with Crippen molar-refractivity contribution in [2.45, 2.75) is 124 Å². The van der Waals surface area contributed by atoms with Gasteiger partial charge in [0, 0.05) is 0 Å². The van der Waals surface area contributed by atoms with Crippen LogP contribution in [-0.4, -0.2) is 0 Å². The molecule has 7 saturated carbocycles. The van der Waals surface area contributed by atoms with Gasteiger partial charge in [-0.25, -0.2) is 0 Å². The summed E-state index contributed by atoms with van der Waals surface area (Å²) in [7, 11) is 0. The molecule has 0 heterocycles. The van der Waals surface area contributed by atoms with Gasteiger partial charge >= 0.3 is 0 Å². The van der Waals surface area contributed by atoms with Crippen LogP contribution in [-0.2, 0) is 0 Å². The van der Waals surface area contributed by atoms with E-state index < -0.39 is 0 Å². The van der Waals surface area contributed by atoms with E-state index in [2.05, 4.69) is 39.8 Å². The maximum Gasteiger partial charge on any atom is -0.0323 e. The third-order valence-corrected chi connectivity index (χ3v) is 10.6. The van der Waals surface area contributed by atoms with Gasteiger partial charge in [-0.1, -0.05) is 88.8 Å². The van der Waals surface area contributed by atoms with Gasteiger partial charge in [0.25, 0.3) is 0 Å². The molecular formula is C33H54. The van der Waals surface area contributed by atoms with Crippen molar-refractivity contribution >= 4 is 0 Å². The number of benzene rings is 1. The Labute approximate surface area is 206 Å². The molecule has 0 aromatic heterocycles. The van der Waals surface area contributed by atoms with Gasteiger partial charge in [0.05, 0.1) is 0 Å². The summed E-state index contributed by atoms with van der Waals surface area (Å²) in [6.07, 6.45) is 23.1. The summed E-state index contributed by atoms with van der Waals surface area (Å²) in [6, 6.07) is 10.3. The van der Waals surface area contributed by atoms with Crippen LogP contribution in [0.3, 0.4) is 0 Å². The van der Waals surface area contributed by atoms with E-state index >= 15 is 0 Å². The van der Waals surface area contributed by atoms with Crippen molar-refractivity contribution in [3.8, 4) is 0 Å². The smallest absolute Gasteiger partial charge is 0.0323 e. The third-order valence-electron chi connectivity index (χ3n) is 10.6. The van der Waals surface area contributed by atoms with Crippen LogP contribution >= 0.6 is 0 Å². The molecule has 0 radical (unpaired) electrons. The van der Waals surface area contributed by atoms with Crippen LogP contribution in [0.25, 0.3) is 0 Å². The lowest BCUT2D eigenvalue weighted by molar-refractivity contribution is -0.0282. The van der Waals surface area contributed by atoms with Crippen molar-refractivity contribution < 1.29 is 0 Å². The molecule has 1 aromatic rings. The highest BCUT2D eigenvalue weighted by Crippen LogP contribution is 2.56. The van der Waals surface area contributed by atoms with Gasteiger partial charge < -0.3 is 0 Å². The summed E-state index contributed by atoms with van der Waals surface area (Å²) in [5.41, 5.74) is 2.13. The van der Waals surface area contributed by atoms with Crippen molar-refractivity contribution in [2.75, 3.05) is 0 Å². The van der Waals surface area contributed by atoms with Gasteiger partial charge in [-0.2, -0.15) is 0 Å². The molecule has 0 saturated heterocycles. The van der Waals surface area contributed by atoms with E-state index in [4.69, 9.17) is 0 Å². The first-order valence-electron chi connectivity index (χ1n) is 14.9. The van der Waals surface area contributed by atoms with Crippen LogP contribution in [0.4, 0.5) is 0 Å². The Bertz CT molecular complexity index is 645. The highest BCUT2D eigenvalue weighted by atomic mass is 14.5. The fourth-order valence-electron chi connectivity index (χ4n) is 8.52. The van der Waals surface area contributed by atoms with Gasteiger partial charge in [-0.15, -0.1) is 0 Å². The summed E-state index contributed by atoms with van der Waals surface area (Å²) in [4.78, 5) is 0. The van der Waals surface area contributed by atoms with E-state index in [-0.39, 0.29) is 0 Å². The lowest BCUT2D eigenvalue weighted by Gasteiger charge is -2.53. The molecule has 0 unspecified atom stereocenters. The summed E-state index contributed by atoms with van der Waals surface area (Å²) in [6.45, 7) is 9.41. The molecule has 0 N–H and O–H groups in total. The van der Waals surface area contributed by atoms with Gasteiger partial charge in [0.1, 0.15) is 0 Å². The molecule has 8 rings (SSSR count). The molecule has 0 spiro atoms. The number of fused-ring (bicyclic) bond motifs is 2. The summed E-state index contributed by atoms with van der Waals surface area (Å²) in [5, 5.41) is 0. The molecule has 186 valence electrons. The predicted molar refractivity (Wildman–Crippen MR) is 144 cm³/mol. The molecule has 6 bridgehead atoms. The normalized spacial score (nSPS) is 40.1. The molecule has 0 atom stereocenters. The second kappa shape index (κ2) is 11.8. The molecular weight excluding hydrogens is 396 g/mol. The number of hydrogen-bond donors (Lipinski definition) is 0. The van der Waals surface area contributed by atoms with E-state index in [0.717, 1.165) is 46.8 Å².